The highest BCUT2D eigenvalue weighted by Gasteiger charge is 2.32. The van der Waals surface area contributed by atoms with Crippen LogP contribution >= 0.6 is 11.6 Å². The zero-order valence-corrected chi connectivity index (χ0v) is 16.9. The average molecular weight is 418 g/mol. The van der Waals surface area contributed by atoms with Crippen molar-refractivity contribution in [1.29, 1.82) is 0 Å². The Morgan fingerprint density at radius 1 is 1.07 bits per heavy atom. The quantitative estimate of drug-likeness (QED) is 0.633. The Kier molecular flexibility index (Phi) is 5.23. The number of aromatic nitrogens is 2. The van der Waals surface area contributed by atoms with E-state index in [0.717, 1.165) is 5.56 Å². The predicted octanol–water partition coefficient (Wildman–Crippen LogP) is 4.27. The molecule has 0 saturated carbocycles. The number of nitrogens with zero attached hydrogens (tertiary/aromatic N) is 3. The van der Waals surface area contributed by atoms with Crippen LogP contribution in [0.4, 0.5) is 0 Å². The van der Waals surface area contributed by atoms with Gasteiger partial charge in [-0.3, -0.25) is 0 Å². The van der Waals surface area contributed by atoms with Gasteiger partial charge >= 0.3 is 0 Å². The summed E-state index contributed by atoms with van der Waals surface area (Å²) in [6.45, 7) is 2.55. The van der Waals surface area contributed by atoms with E-state index >= 15 is 0 Å². The van der Waals surface area contributed by atoms with Gasteiger partial charge in [0.25, 0.3) is 5.89 Å². The second-order valence-electron chi connectivity index (χ2n) is 6.87. The lowest BCUT2D eigenvalue weighted by atomic mass is 9.97. The van der Waals surface area contributed by atoms with Crippen LogP contribution in [0.5, 0.6) is 0 Å². The summed E-state index contributed by atoms with van der Waals surface area (Å²) in [5.74, 6) is 1.20. The van der Waals surface area contributed by atoms with Crippen molar-refractivity contribution in [2.24, 2.45) is 0 Å². The third kappa shape index (κ3) is 3.57. The molecule has 1 aromatic heterocycles. The van der Waals surface area contributed by atoms with E-state index < -0.39 is 10.0 Å². The number of hydrogen-bond donors (Lipinski definition) is 0. The fraction of sp³-hybridized carbons (Fsp3) is 0.300. The molecule has 1 aliphatic rings. The van der Waals surface area contributed by atoms with Crippen molar-refractivity contribution in [1.82, 2.24) is 14.4 Å². The molecule has 3 aromatic rings. The molecule has 0 bridgehead atoms. The Labute approximate surface area is 169 Å². The van der Waals surface area contributed by atoms with Gasteiger partial charge in [0.15, 0.2) is 5.82 Å². The molecular formula is C20H20ClN3O3S. The lowest BCUT2D eigenvalue weighted by Gasteiger charge is -2.30. The van der Waals surface area contributed by atoms with Crippen molar-refractivity contribution < 1.29 is 12.9 Å². The van der Waals surface area contributed by atoms with Crippen LogP contribution in [-0.2, 0) is 10.0 Å². The number of halogens is 1. The normalized spacial score (nSPS) is 16.4. The summed E-state index contributed by atoms with van der Waals surface area (Å²) in [5.41, 5.74) is 1.45. The van der Waals surface area contributed by atoms with Crippen LogP contribution in [0.15, 0.2) is 57.9 Å². The summed E-state index contributed by atoms with van der Waals surface area (Å²) in [6, 6.07) is 14.6. The molecule has 146 valence electrons. The Morgan fingerprint density at radius 3 is 2.50 bits per heavy atom. The molecule has 8 heteroatoms. The van der Waals surface area contributed by atoms with Gasteiger partial charge in [-0.1, -0.05) is 41.0 Å². The number of sulfonamides is 1. The first-order valence-corrected chi connectivity index (χ1v) is 10.9. The standard InChI is InChI=1S/C20H20ClN3O3S/c1-14-17(21)8-5-9-18(14)28(25,26)24-12-10-15(11-13-24)19-22-20(27-23-19)16-6-3-2-4-7-16/h2-9,15H,10-13H2,1H3. The smallest absolute Gasteiger partial charge is 0.257 e. The van der Waals surface area contributed by atoms with Gasteiger partial charge in [0.2, 0.25) is 10.0 Å². The second kappa shape index (κ2) is 7.66. The van der Waals surface area contributed by atoms with E-state index in [0.29, 0.717) is 48.2 Å². The molecule has 0 aliphatic carbocycles. The molecule has 0 N–H and O–H groups in total. The summed E-state index contributed by atoms with van der Waals surface area (Å²) >= 11 is 6.10. The van der Waals surface area contributed by atoms with Gasteiger partial charge in [-0.05, 0) is 49.6 Å². The van der Waals surface area contributed by atoms with Gasteiger partial charge < -0.3 is 4.52 Å². The van der Waals surface area contributed by atoms with E-state index in [1.165, 1.54) is 4.31 Å². The Morgan fingerprint density at radius 2 is 1.79 bits per heavy atom. The first kappa shape index (κ1) is 19.1. The van der Waals surface area contributed by atoms with Crippen molar-refractivity contribution in [2.45, 2.75) is 30.6 Å². The third-order valence-electron chi connectivity index (χ3n) is 5.12. The molecule has 4 rings (SSSR count). The molecule has 1 aliphatic heterocycles. The minimum absolute atomic E-state index is 0.0770. The molecule has 0 amide bonds. The van der Waals surface area contributed by atoms with E-state index in [9.17, 15) is 8.42 Å². The van der Waals surface area contributed by atoms with Crippen molar-refractivity contribution >= 4 is 21.6 Å². The molecule has 0 radical (unpaired) electrons. The minimum Gasteiger partial charge on any atom is -0.334 e. The molecule has 0 atom stereocenters. The summed E-state index contributed by atoms with van der Waals surface area (Å²) in [4.78, 5) is 4.78. The fourth-order valence-electron chi connectivity index (χ4n) is 3.46. The molecule has 2 aromatic carbocycles. The highest BCUT2D eigenvalue weighted by atomic mass is 35.5. The van der Waals surface area contributed by atoms with Crippen molar-refractivity contribution in [2.75, 3.05) is 13.1 Å². The molecule has 2 heterocycles. The molecule has 1 fully saturated rings. The van der Waals surface area contributed by atoms with Crippen LogP contribution in [0.3, 0.4) is 0 Å². The van der Waals surface area contributed by atoms with Crippen LogP contribution in [0.2, 0.25) is 5.02 Å². The highest BCUT2D eigenvalue weighted by Crippen LogP contribution is 2.32. The maximum Gasteiger partial charge on any atom is 0.257 e. The van der Waals surface area contributed by atoms with Gasteiger partial charge in [-0.25, -0.2) is 8.42 Å². The number of benzene rings is 2. The van der Waals surface area contributed by atoms with E-state index in [-0.39, 0.29) is 10.8 Å². The molecule has 1 saturated heterocycles. The average Bonchev–Trinajstić information content (AvgIpc) is 3.21. The zero-order chi connectivity index (χ0) is 19.7. The Balaban J connectivity index is 1.48. The van der Waals surface area contributed by atoms with Crippen molar-refractivity contribution in [3.05, 3.63) is 64.9 Å². The van der Waals surface area contributed by atoms with Crippen molar-refractivity contribution in [3.8, 4) is 11.5 Å². The predicted molar refractivity (Wildman–Crippen MR) is 107 cm³/mol. The third-order valence-corrected chi connectivity index (χ3v) is 7.57. The van der Waals surface area contributed by atoms with Crippen LogP contribution in [0.25, 0.3) is 11.5 Å². The van der Waals surface area contributed by atoms with E-state index in [4.69, 9.17) is 16.1 Å². The summed E-state index contributed by atoms with van der Waals surface area (Å²) < 4.78 is 32.9. The maximum absolute atomic E-state index is 13.0. The van der Waals surface area contributed by atoms with E-state index in [1.54, 1.807) is 25.1 Å². The molecule has 0 unspecified atom stereocenters. The monoisotopic (exact) mass is 417 g/mol. The highest BCUT2D eigenvalue weighted by molar-refractivity contribution is 7.89. The number of hydrogen-bond acceptors (Lipinski definition) is 5. The lowest BCUT2D eigenvalue weighted by molar-refractivity contribution is 0.307. The van der Waals surface area contributed by atoms with Crippen LogP contribution < -0.4 is 0 Å². The Bertz CT molecular complexity index is 1080. The Hall–Kier alpha value is -2.22. The summed E-state index contributed by atoms with van der Waals surface area (Å²) in [7, 11) is -3.57. The van der Waals surface area contributed by atoms with Crippen LogP contribution in [0.1, 0.15) is 30.1 Å². The van der Waals surface area contributed by atoms with Gasteiger partial charge in [0.05, 0.1) is 4.90 Å². The molecule has 6 nitrogen and oxygen atoms in total. The first-order chi connectivity index (χ1) is 13.5. The topological polar surface area (TPSA) is 76.3 Å². The number of piperidine rings is 1. The molecule has 28 heavy (non-hydrogen) atoms. The first-order valence-electron chi connectivity index (χ1n) is 9.11. The largest absolute Gasteiger partial charge is 0.334 e. The van der Waals surface area contributed by atoms with Crippen LogP contribution in [0, 0.1) is 6.92 Å². The SMILES string of the molecule is Cc1c(Cl)cccc1S(=O)(=O)N1CCC(c2noc(-c3ccccc3)n2)CC1. The summed E-state index contributed by atoms with van der Waals surface area (Å²) in [5, 5.41) is 4.57. The van der Waals surface area contributed by atoms with Gasteiger partial charge in [0.1, 0.15) is 0 Å². The maximum atomic E-state index is 13.0. The number of rotatable bonds is 4. The molecular weight excluding hydrogens is 398 g/mol. The molecule has 0 spiro atoms. The van der Waals surface area contributed by atoms with Crippen LogP contribution in [-0.4, -0.2) is 36.0 Å². The summed E-state index contributed by atoms with van der Waals surface area (Å²) in [6.07, 6.45) is 1.29. The van der Waals surface area contributed by atoms with E-state index in [1.807, 2.05) is 30.3 Å². The minimum atomic E-state index is -3.57. The van der Waals surface area contributed by atoms with Crippen molar-refractivity contribution in [3.63, 3.8) is 0 Å². The second-order valence-corrected chi connectivity index (χ2v) is 9.18. The lowest BCUT2D eigenvalue weighted by Crippen LogP contribution is -2.38. The van der Waals surface area contributed by atoms with E-state index in [2.05, 4.69) is 10.1 Å². The zero-order valence-electron chi connectivity index (χ0n) is 15.4. The van der Waals surface area contributed by atoms with Gasteiger partial charge in [-0.2, -0.15) is 9.29 Å². The fourth-order valence-corrected chi connectivity index (χ4v) is 5.41. The van der Waals surface area contributed by atoms with Gasteiger partial charge in [-0.15, -0.1) is 0 Å². The van der Waals surface area contributed by atoms with Gasteiger partial charge in [0, 0.05) is 29.6 Å².